The Morgan fingerprint density at radius 3 is 1.95 bits per heavy atom. The van der Waals surface area contributed by atoms with Crippen molar-refractivity contribution in [1.82, 2.24) is 14.1 Å². The van der Waals surface area contributed by atoms with Crippen LogP contribution in [-0.4, -0.2) is 14.1 Å². The Morgan fingerprint density at radius 2 is 1.23 bits per heavy atom. The molecule has 0 amide bonds. The topological polar surface area (TPSA) is 35.9 Å². The number of benzene rings is 6. The molecule has 0 unspecified atom stereocenters. The van der Waals surface area contributed by atoms with E-state index in [0.717, 1.165) is 55.6 Å². The Kier molecular flexibility index (Phi) is 10.5. The molecule has 0 spiro atoms. The Bertz CT molecular complexity index is 2990. The number of nitrogens with zero attached hydrogens (tertiary/aromatic N) is 4. The molecular formula is C54H50N4OPt-2. The van der Waals surface area contributed by atoms with Crippen LogP contribution in [0, 0.1) is 18.5 Å². The summed E-state index contributed by atoms with van der Waals surface area (Å²) in [6, 6.07) is 54.2. The van der Waals surface area contributed by atoms with Gasteiger partial charge in [-0.2, -0.15) is 18.2 Å². The molecule has 9 rings (SSSR count). The van der Waals surface area contributed by atoms with Gasteiger partial charge in [0.2, 0.25) is 0 Å². The summed E-state index contributed by atoms with van der Waals surface area (Å²) in [4.78, 5) is 4.90. The van der Waals surface area contributed by atoms with Crippen molar-refractivity contribution in [2.75, 3.05) is 0 Å². The second-order valence-corrected chi connectivity index (χ2v) is 18.7. The summed E-state index contributed by atoms with van der Waals surface area (Å²) >= 11 is 0. The van der Waals surface area contributed by atoms with E-state index in [2.05, 4.69) is 210 Å². The quantitative estimate of drug-likeness (QED) is 0.123. The largest absolute Gasteiger partial charge is 0.510 e. The maximum atomic E-state index is 6.64. The molecule has 0 saturated heterocycles. The molecule has 6 aromatic carbocycles. The third-order valence-electron chi connectivity index (χ3n) is 11.3. The molecule has 3 heterocycles. The fourth-order valence-corrected chi connectivity index (χ4v) is 7.82. The first-order valence-electron chi connectivity index (χ1n) is 20.5. The second kappa shape index (κ2) is 15.4. The average molecular weight is 966 g/mol. The second-order valence-electron chi connectivity index (χ2n) is 18.7. The van der Waals surface area contributed by atoms with Crippen molar-refractivity contribution in [2.45, 2.75) is 78.6 Å². The summed E-state index contributed by atoms with van der Waals surface area (Å²) in [5, 5.41) is 2.21. The number of ether oxygens (including phenoxy) is 1. The van der Waals surface area contributed by atoms with Crippen LogP contribution in [0.4, 0.5) is 0 Å². The molecule has 0 aliphatic carbocycles. The Morgan fingerprint density at radius 1 is 0.550 bits per heavy atom. The zero-order valence-electron chi connectivity index (χ0n) is 35.8. The van der Waals surface area contributed by atoms with Crippen molar-refractivity contribution in [1.29, 1.82) is 0 Å². The van der Waals surface area contributed by atoms with Gasteiger partial charge in [0.25, 0.3) is 6.33 Å². The van der Waals surface area contributed by atoms with Crippen LogP contribution in [0.25, 0.3) is 61.2 Å². The normalized spacial score (nSPS) is 12.3. The molecule has 304 valence electrons. The van der Waals surface area contributed by atoms with E-state index >= 15 is 0 Å². The van der Waals surface area contributed by atoms with Crippen LogP contribution >= 0.6 is 0 Å². The van der Waals surface area contributed by atoms with E-state index in [0.29, 0.717) is 11.5 Å². The fourth-order valence-electron chi connectivity index (χ4n) is 7.82. The van der Waals surface area contributed by atoms with Crippen LogP contribution in [0.2, 0.25) is 0 Å². The van der Waals surface area contributed by atoms with Crippen molar-refractivity contribution in [3.8, 4) is 39.8 Å². The summed E-state index contributed by atoms with van der Waals surface area (Å²) < 4.78 is 13.1. The van der Waals surface area contributed by atoms with Crippen molar-refractivity contribution in [2.24, 2.45) is 0 Å². The summed E-state index contributed by atoms with van der Waals surface area (Å²) in [6.45, 7) is 20.3. The van der Waals surface area contributed by atoms with Crippen LogP contribution in [0.1, 0.15) is 79.0 Å². The van der Waals surface area contributed by atoms with Gasteiger partial charge in [-0.25, -0.2) is 4.98 Å². The third kappa shape index (κ3) is 7.72. The van der Waals surface area contributed by atoms with Gasteiger partial charge in [0.1, 0.15) is 5.82 Å². The number of imidazole rings is 1. The van der Waals surface area contributed by atoms with Gasteiger partial charge in [-0.3, -0.25) is 4.57 Å². The monoisotopic (exact) mass is 965 g/mol. The van der Waals surface area contributed by atoms with E-state index in [4.69, 9.17) is 9.72 Å². The predicted octanol–water partition coefficient (Wildman–Crippen LogP) is 13.1. The van der Waals surface area contributed by atoms with E-state index in [9.17, 15) is 0 Å². The van der Waals surface area contributed by atoms with Crippen LogP contribution in [-0.2, 0) is 37.3 Å². The summed E-state index contributed by atoms with van der Waals surface area (Å²) in [6.07, 6.45) is 5.60. The van der Waals surface area contributed by atoms with E-state index in [1.165, 1.54) is 22.3 Å². The number of fused-ring (bicyclic) bond motifs is 4. The number of hydrogen-bond donors (Lipinski definition) is 0. The van der Waals surface area contributed by atoms with Gasteiger partial charge in [-0.1, -0.05) is 141 Å². The van der Waals surface area contributed by atoms with Gasteiger partial charge in [0.15, 0.2) is 0 Å². The van der Waals surface area contributed by atoms with Gasteiger partial charge in [0.05, 0.1) is 16.7 Å². The molecule has 0 radical (unpaired) electrons. The molecule has 0 saturated carbocycles. The molecule has 0 atom stereocenters. The van der Waals surface area contributed by atoms with Crippen LogP contribution in [0.5, 0.6) is 11.5 Å². The molecule has 60 heavy (non-hydrogen) atoms. The number of para-hydroxylation sites is 2. The molecule has 0 N–H and O–H groups in total. The van der Waals surface area contributed by atoms with Crippen molar-refractivity contribution < 1.29 is 30.4 Å². The van der Waals surface area contributed by atoms with Gasteiger partial charge in [-0.15, -0.1) is 29.7 Å². The first kappa shape index (κ1) is 41.0. The summed E-state index contributed by atoms with van der Waals surface area (Å²) in [5.41, 5.74) is 12.0. The predicted molar refractivity (Wildman–Crippen MR) is 242 cm³/mol. The van der Waals surface area contributed by atoms with Crippen molar-refractivity contribution in [3.63, 3.8) is 0 Å². The number of pyridine rings is 1. The fraction of sp³-hybridized carbons (Fsp3) is 0.222. The van der Waals surface area contributed by atoms with E-state index in [1.807, 2.05) is 24.4 Å². The molecule has 5 nitrogen and oxygen atoms in total. The first-order valence-corrected chi connectivity index (χ1v) is 20.5. The Balaban J connectivity index is 0.00000499. The smallest absolute Gasteiger partial charge is 0.268 e. The Labute approximate surface area is 368 Å². The molecule has 0 fully saturated rings. The Hall–Kier alpha value is -5.77. The van der Waals surface area contributed by atoms with E-state index < -0.39 is 0 Å². The maximum Gasteiger partial charge on any atom is 0.268 e. The van der Waals surface area contributed by atoms with Crippen LogP contribution in [0.15, 0.2) is 140 Å². The van der Waals surface area contributed by atoms with Crippen LogP contribution < -0.4 is 9.30 Å². The van der Waals surface area contributed by atoms with Gasteiger partial charge >= 0.3 is 0 Å². The van der Waals surface area contributed by atoms with Crippen molar-refractivity contribution >= 4 is 32.8 Å². The maximum absolute atomic E-state index is 6.64. The molecule has 9 aromatic rings. The average Bonchev–Trinajstić information content (AvgIpc) is 3.76. The SMILES string of the molecule is CC(C)(C)c1cc(-[n+]2[c-]n(-c3[c-]c(Oc4[c-]c5c(cc4)c4cc(-c6ccccc6)ccc4n5-c4cc(C(C)(C)C)ccn4)ccc3)c3ccccc32)cc(C(C)(C)C)c1.[Pt]. The molecule has 0 bridgehead atoms. The van der Waals surface area contributed by atoms with Crippen LogP contribution in [0.3, 0.4) is 0 Å². The summed E-state index contributed by atoms with van der Waals surface area (Å²) in [7, 11) is 0. The molecule has 6 heteroatoms. The molecule has 0 aliphatic rings. The van der Waals surface area contributed by atoms with Crippen molar-refractivity contribution in [3.05, 3.63) is 175 Å². The van der Waals surface area contributed by atoms with E-state index in [1.54, 1.807) is 0 Å². The first-order chi connectivity index (χ1) is 28.1. The minimum atomic E-state index is -0.0384. The number of hydrogen-bond acceptors (Lipinski definition) is 2. The minimum Gasteiger partial charge on any atom is -0.510 e. The number of rotatable bonds is 6. The molecule has 0 aliphatic heterocycles. The summed E-state index contributed by atoms with van der Waals surface area (Å²) in [5.74, 6) is 2.02. The molecule has 3 aromatic heterocycles. The minimum absolute atomic E-state index is 0. The standard InChI is InChI=1S/C54H50N4O.Pt/c1-52(2,3)38-26-27-55-51(32-38)58-47-25-22-37(36-16-11-10-12-17-36)28-46(47)45-24-23-44(34-50(45)58)59-43-19-15-18-41(33-43)56-35-57(49-21-14-13-20-48(49)56)42-30-39(53(4,5)6)29-40(31-42)54(7,8)9;/h10-32H,1-9H3;/q-2;. The van der Waals surface area contributed by atoms with E-state index in [-0.39, 0.29) is 37.3 Å². The number of aromatic nitrogens is 4. The molecular weight excluding hydrogens is 916 g/mol. The van der Waals surface area contributed by atoms with Gasteiger partial charge < -0.3 is 13.9 Å². The zero-order chi connectivity index (χ0) is 41.3. The third-order valence-corrected chi connectivity index (χ3v) is 11.3. The van der Waals surface area contributed by atoms with Gasteiger partial charge in [0, 0.05) is 44.3 Å². The zero-order valence-corrected chi connectivity index (χ0v) is 38.1. The van der Waals surface area contributed by atoms with Gasteiger partial charge in [-0.05, 0) is 85.5 Å².